The molecule has 1 atom stereocenters. The van der Waals surface area contributed by atoms with E-state index in [4.69, 9.17) is 4.74 Å². The van der Waals surface area contributed by atoms with Gasteiger partial charge >= 0.3 is 0 Å². The highest BCUT2D eigenvalue weighted by Gasteiger charge is 2.22. The van der Waals surface area contributed by atoms with Crippen LogP contribution in [-0.2, 0) is 6.54 Å². The first-order valence-electron chi connectivity index (χ1n) is 13.2. The van der Waals surface area contributed by atoms with Crippen molar-refractivity contribution in [2.24, 2.45) is 0 Å². The van der Waals surface area contributed by atoms with Crippen LogP contribution in [-0.4, -0.2) is 61.7 Å². The van der Waals surface area contributed by atoms with Crippen LogP contribution in [0.3, 0.4) is 0 Å². The summed E-state index contributed by atoms with van der Waals surface area (Å²) in [6.07, 6.45) is 8.07. The molecule has 4 rings (SSSR count). The Morgan fingerprint density at radius 2 is 1.55 bits per heavy atom. The predicted octanol–water partition coefficient (Wildman–Crippen LogP) is 5.30. The Balaban J connectivity index is 1.19. The first kappa shape index (κ1) is 24.3. The van der Waals surface area contributed by atoms with Gasteiger partial charge in [-0.25, -0.2) is 0 Å². The maximum Gasteiger partial charge on any atom is 0.124 e. The molecule has 2 aliphatic rings. The molecule has 2 aliphatic heterocycles. The Morgan fingerprint density at radius 3 is 2.30 bits per heavy atom. The number of para-hydroxylation sites is 1. The Morgan fingerprint density at radius 1 is 0.848 bits per heavy atom. The monoisotopic (exact) mass is 449 g/mol. The largest absolute Gasteiger partial charge is 0.490 e. The average Bonchev–Trinajstić information content (AvgIpc) is 3.13. The number of benzene rings is 2. The zero-order valence-electron chi connectivity index (χ0n) is 20.6. The molecule has 0 saturated carbocycles. The Labute approximate surface area is 201 Å². The minimum absolute atomic E-state index is 0.325. The van der Waals surface area contributed by atoms with Crippen LogP contribution in [0.4, 0.5) is 0 Å². The summed E-state index contributed by atoms with van der Waals surface area (Å²) in [5.41, 5.74) is 2.72. The fourth-order valence-corrected chi connectivity index (χ4v) is 5.25. The van der Waals surface area contributed by atoms with Crippen molar-refractivity contribution in [2.45, 2.75) is 64.0 Å². The highest BCUT2D eigenvalue weighted by atomic mass is 16.5. The minimum Gasteiger partial charge on any atom is -0.490 e. The normalized spacial score (nSPS) is 19.8. The molecule has 2 fully saturated rings. The lowest BCUT2D eigenvalue weighted by Crippen LogP contribution is -2.40. The third-order valence-electron chi connectivity index (χ3n) is 7.32. The lowest BCUT2D eigenvalue weighted by atomic mass is 9.99. The van der Waals surface area contributed by atoms with Crippen molar-refractivity contribution in [2.75, 3.05) is 45.8 Å². The van der Waals surface area contributed by atoms with E-state index in [1.54, 1.807) is 0 Å². The van der Waals surface area contributed by atoms with Gasteiger partial charge in [0.05, 0.1) is 0 Å². The molecule has 33 heavy (non-hydrogen) atoms. The Bertz CT molecular complexity index is 796. The number of ether oxygens (including phenoxy) is 1. The number of rotatable bonds is 10. The van der Waals surface area contributed by atoms with Crippen molar-refractivity contribution >= 4 is 0 Å². The van der Waals surface area contributed by atoms with Crippen LogP contribution in [0.15, 0.2) is 54.6 Å². The molecule has 1 N–H and O–H groups in total. The van der Waals surface area contributed by atoms with E-state index in [1.807, 2.05) is 0 Å². The summed E-state index contributed by atoms with van der Waals surface area (Å²) in [5.74, 6) is 1.64. The zero-order valence-corrected chi connectivity index (χ0v) is 20.6. The van der Waals surface area contributed by atoms with E-state index in [0.29, 0.717) is 12.0 Å². The molecule has 0 aliphatic carbocycles. The lowest BCUT2D eigenvalue weighted by molar-refractivity contribution is 0.0969. The van der Waals surface area contributed by atoms with Gasteiger partial charge in [-0.15, -0.1) is 0 Å². The molecule has 4 nitrogen and oxygen atoms in total. The van der Waals surface area contributed by atoms with Gasteiger partial charge in [0.1, 0.15) is 11.9 Å². The smallest absolute Gasteiger partial charge is 0.124 e. The van der Waals surface area contributed by atoms with Gasteiger partial charge in [-0.05, 0) is 56.3 Å². The molecule has 1 unspecified atom stereocenters. The number of nitrogens with one attached hydrogen (secondary N) is 1. The molecule has 4 heteroatoms. The maximum atomic E-state index is 6.51. The van der Waals surface area contributed by atoms with Gasteiger partial charge in [-0.3, -0.25) is 0 Å². The minimum atomic E-state index is 0.325. The van der Waals surface area contributed by atoms with Gasteiger partial charge in [0.15, 0.2) is 0 Å². The molecule has 180 valence electrons. The summed E-state index contributed by atoms with van der Waals surface area (Å²) in [5, 5.41) is 3.66. The Hall–Kier alpha value is -1.88. The van der Waals surface area contributed by atoms with Crippen molar-refractivity contribution in [3.05, 3.63) is 65.7 Å². The zero-order chi connectivity index (χ0) is 22.7. The van der Waals surface area contributed by atoms with Crippen molar-refractivity contribution in [1.29, 1.82) is 0 Å². The van der Waals surface area contributed by atoms with E-state index in [1.165, 1.54) is 49.9 Å². The second-order valence-electron chi connectivity index (χ2n) is 9.97. The van der Waals surface area contributed by atoms with Gasteiger partial charge in [-0.1, -0.05) is 68.3 Å². The number of nitrogens with zero attached hydrogens (tertiary/aromatic N) is 2. The molecular formula is C29H43N3O. The van der Waals surface area contributed by atoms with Crippen LogP contribution in [0.5, 0.6) is 5.75 Å². The quantitative estimate of drug-likeness (QED) is 0.498. The van der Waals surface area contributed by atoms with Crippen molar-refractivity contribution in [3.8, 4) is 5.75 Å². The van der Waals surface area contributed by atoms with Crippen molar-refractivity contribution in [1.82, 2.24) is 15.1 Å². The summed E-state index contributed by atoms with van der Waals surface area (Å²) in [6.45, 7) is 11.3. The second-order valence-corrected chi connectivity index (χ2v) is 9.97. The van der Waals surface area contributed by atoms with Crippen LogP contribution in [0.2, 0.25) is 0 Å². The van der Waals surface area contributed by atoms with Gasteiger partial charge < -0.3 is 19.9 Å². The molecule has 2 saturated heterocycles. The maximum absolute atomic E-state index is 6.51. The molecule has 2 heterocycles. The molecule has 0 bridgehead atoms. The van der Waals surface area contributed by atoms with E-state index >= 15 is 0 Å². The number of likely N-dealkylation sites (tertiary alicyclic amines) is 2. The van der Waals surface area contributed by atoms with E-state index in [-0.39, 0.29) is 0 Å². The van der Waals surface area contributed by atoms with E-state index in [9.17, 15) is 0 Å². The van der Waals surface area contributed by atoms with E-state index in [0.717, 1.165) is 57.9 Å². The molecule has 0 aromatic heterocycles. The standard InChI is InChI=1S/C29H43N3O/c1-25(26-11-5-4-6-12-26)24-32-20-15-28(16-21-32)33-29-14-8-7-13-27(29)23-30-17-22-31-18-9-2-3-10-19-31/h4-8,11-14,25,28,30H,2-3,9-10,15-24H2,1H3. The van der Waals surface area contributed by atoms with Gasteiger partial charge in [0.25, 0.3) is 0 Å². The summed E-state index contributed by atoms with van der Waals surface area (Å²) < 4.78 is 6.51. The van der Waals surface area contributed by atoms with Crippen molar-refractivity contribution < 1.29 is 4.74 Å². The van der Waals surface area contributed by atoms with Crippen molar-refractivity contribution in [3.63, 3.8) is 0 Å². The topological polar surface area (TPSA) is 27.7 Å². The number of hydrogen-bond acceptors (Lipinski definition) is 4. The highest BCUT2D eigenvalue weighted by molar-refractivity contribution is 5.33. The summed E-state index contributed by atoms with van der Waals surface area (Å²) in [4.78, 5) is 5.22. The fraction of sp³-hybridized carbons (Fsp3) is 0.586. The van der Waals surface area contributed by atoms with E-state index in [2.05, 4.69) is 76.6 Å². The summed E-state index contributed by atoms with van der Waals surface area (Å²) in [6, 6.07) is 19.5. The summed E-state index contributed by atoms with van der Waals surface area (Å²) >= 11 is 0. The fourth-order valence-electron chi connectivity index (χ4n) is 5.25. The first-order valence-corrected chi connectivity index (χ1v) is 13.2. The van der Waals surface area contributed by atoms with Crippen LogP contribution in [0.25, 0.3) is 0 Å². The van der Waals surface area contributed by atoms with Crippen LogP contribution < -0.4 is 10.1 Å². The first-order chi connectivity index (χ1) is 16.3. The Kier molecular flexibility index (Phi) is 9.64. The van der Waals surface area contributed by atoms with Crippen LogP contribution >= 0.6 is 0 Å². The van der Waals surface area contributed by atoms with Gasteiger partial charge in [0.2, 0.25) is 0 Å². The van der Waals surface area contributed by atoms with Gasteiger partial charge in [-0.2, -0.15) is 0 Å². The molecule has 0 amide bonds. The second kappa shape index (κ2) is 13.1. The molecule has 0 spiro atoms. The third kappa shape index (κ3) is 7.84. The van der Waals surface area contributed by atoms with Crippen LogP contribution in [0, 0.1) is 0 Å². The molecule has 0 radical (unpaired) electrons. The molecule has 2 aromatic rings. The van der Waals surface area contributed by atoms with E-state index < -0.39 is 0 Å². The average molecular weight is 450 g/mol. The van der Waals surface area contributed by atoms with Crippen LogP contribution in [0.1, 0.15) is 62.5 Å². The third-order valence-corrected chi connectivity index (χ3v) is 7.32. The lowest BCUT2D eigenvalue weighted by Gasteiger charge is -2.34. The molecular weight excluding hydrogens is 406 g/mol. The van der Waals surface area contributed by atoms with Gasteiger partial charge in [0, 0.05) is 44.8 Å². The predicted molar refractivity (Wildman–Crippen MR) is 138 cm³/mol. The SMILES string of the molecule is CC(CN1CCC(Oc2ccccc2CNCCN2CCCCCC2)CC1)c1ccccc1. The summed E-state index contributed by atoms with van der Waals surface area (Å²) in [7, 11) is 0. The molecule has 2 aromatic carbocycles. The number of hydrogen-bond donors (Lipinski definition) is 1. The number of piperidine rings is 1. The highest BCUT2D eigenvalue weighted by Crippen LogP contribution is 2.24.